The highest BCUT2D eigenvalue weighted by Crippen LogP contribution is 2.39. The molecule has 41 heavy (non-hydrogen) atoms. The Kier molecular flexibility index (Phi) is 9.67. The van der Waals surface area contributed by atoms with Crippen LogP contribution in [0.25, 0.3) is 0 Å². The molecule has 1 saturated carbocycles. The number of hydrogen-bond acceptors (Lipinski definition) is 6. The van der Waals surface area contributed by atoms with Crippen LogP contribution in [0, 0.1) is 5.41 Å². The number of carbonyl (C=O) groups is 3. The normalized spacial score (nSPS) is 17.4. The first-order valence-electron chi connectivity index (χ1n) is 13.4. The van der Waals surface area contributed by atoms with Gasteiger partial charge < -0.3 is 20.3 Å². The fourth-order valence-corrected chi connectivity index (χ4v) is 5.87. The highest BCUT2D eigenvalue weighted by molar-refractivity contribution is 7.18. The van der Waals surface area contributed by atoms with E-state index in [1.54, 1.807) is 12.1 Å². The molecule has 2 aromatic rings. The molecule has 3 amide bonds. The van der Waals surface area contributed by atoms with Gasteiger partial charge in [0.1, 0.15) is 12.6 Å². The minimum absolute atomic E-state index is 0.00596. The van der Waals surface area contributed by atoms with Crippen molar-refractivity contribution >= 4 is 52.0 Å². The van der Waals surface area contributed by atoms with Gasteiger partial charge in [-0.25, -0.2) is 0 Å². The standard InChI is InChI=1S/C28H34ClF3N4O4S/c1-27(2,3)16-36(18-5-4-6-18)21(14-33-26(39)22-9-10-23(29)41-22)25(38)34-17-7-8-20(19(13-17)28(30,31)32)35-11-12-40-15-24(35)37/h7-10,13,18,21H,4-6,11-12,14-16H2,1-3H3,(H,33,39)(H,34,38)/t21-/m0/s1. The SMILES string of the molecule is CC(C)(C)CN(C1CCC1)[C@@H](CNC(=O)c1ccc(Cl)s1)C(=O)Nc1ccc(N2CCOCC2=O)c(C(F)(F)F)c1. The van der Waals surface area contributed by atoms with E-state index in [1.165, 1.54) is 12.1 Å². The number of amides is 3. The lowest BCUT2D eigenvalue weighted by atomic mass is 9.86. The third-order valence-electron chi connectivity index (χ3n) is 7.00. The second-order valence-corrected chi connectivity index (χ2v) is 13.2. The molecule has 13 heteroatoms. The molecule has 1 saturated heterocycles. The molecule has 0 radical (unpaired) electrons. The van der Waals surface area contributed by atoms with Gasteiger partial charge in [0.2, 0.25) is 5.91 Å². The van der Waals surface area contributed by atoms with E-state index in [-0.39, 0.29) is 55.0 Å². The molecule has 2 heterocycles. The third kappa shape index (κ3) is 8.00. The largest absolute Gasteiger partial charge is 0.418 e. The molecule has 2 N–H and O–H groups in total. The number of hydrogen-bond donors (Lipinski definition) is 2. The van der Waals surface area contributed by atoms with Crippen LogP contribution in [0.5, 0.6) is 0 Å². The minimum Gasteiger partial charge on any atom is -0.370 e. The van der Waals surface area contributed by atoms with E-state index in [0.717, 1.165) is 41.6 Å². The van der Waals surface area contributed by atoms with Gasteiger partial charge in [0.25, 0.3) is 11.8 Å². The number of halogens is 4. The number of benzene rings is 1. The molecule has 1 atom stereocenters. The van der Waals surface area contributed by atoms with E-state index in [0.29, 0.717) is 15.8 Å². The van der Waals surface area contributed by atoms with Crippen LogP contribution < -0.4 is 15.5 Å². The zero-order chi connectivity index (χ0) is 29.9. The van der Waals surface area contributed by atoms with Gasteiger partial charge in [-0.1, -0.05) is 38.8 Å². The van der Waals surface area contributed by atoms with Gasteiger partial charge in [0.05, 0.1) is 27.1 Å². The fourth-order valence-electron chi connectivity index (χ4n) is 4.91. The molecule has 1 aromatic carbocycles. The van der Waals surface area contributed by atoms with Crippen molar-refractivity contribution in [1.82, 2.24) is 10.2 Å². The Bertz CT molecular complexity index is 1280. The maximum atomic E-state index is 14.1. The summed E-state index contributed by atoms with van der Waals surface area (Å²) >= 11 is 7.08. The van der Waals surface area contributed by atoms with Crippen molar-refractivity contribution in [2.24, 2.45) is 5.41 Å². The maximum Gasteiger partial charge on any atom is 0.418 e. The molecule has 4 rings (SSSR count). The Morgan fingerprint density at radius 3 is 2.49 bits per heavy atom. The highest BCUT2D eigenvalue weighted by Gasteiger charge is 2.39. The number of nitrogens with zero attached hydrogens (tertiary/aromatic N) is 2. The summed E-state index contributed by atoms with van der Waals surface area (Å²) in [5, 5.41) is 5.47. The topological polar surface area (TPSA) is 91.0 Å². The number of thiophene rings is 1. The Morgan fingerprint density at radius 2 is 1.93 bits per heavy atom. The monoisotopic (exact) mass is 614 g/mol. The molecule has 0 spiro atoms. The summed E-state index contributed by atoms with van der Waals surface area (Å²) in [6.45, 7) is 6.45. The molecule has 1 aromatic heterocycles. The van der Waals surface area contributed by atoms with Gasteiger partial charge in [0.15, 0.2) is 0 Å². The molecular weight excluding hydrogens is 581 g/mol. The van der Waals surface area contributed by atoms with E-state index < -0.39 is 29.6 Å². The lowest BCUT2D eigenvalue weighted by Gasteiger charge is -2.44. The summed E-state index contributed by atoms with van der Waals surface area (Å²) < 4.78 is 47.8. The number of anilines is 2. The Labute approximate surface area is 246 Å². The van der Waals surface area contributed by atoms with Crippen LogP contribution >= 0.6 is 22.9 Å². The molecular formula is C28H34ClF3N4O4S. The van der Waals surface area contributed by atoms with Crippen LogP contribution in [-0.2, 0) is 20.5 Å². The molecule has 1 aliphatic heterocycles. The van der Waals surface area contributed by atoms with Gasteiger partial charge in [-0.05, 0) is 48.6 Å². The summed E-state index contributed by atoms with van der Waals surface area (Å²) in [6, 6.07) is 5.86. The number of ether oxygens (including phenoxy) is 1. The lowest BCUT2D eigenvalue weighted by molar-refractivity contribution is -0.137. The van der Waals surface area contributed by atoms with E-state index in [1.807, 2.05) is 25.7 Å². The van der Waals surface area contributed by atoms with E-state index >= 15 is 0 Å². The van der Waals surface area contributed by atoms with Crippen LogP contribution in [0.4, 0.5) is 24.5 Å². The third-order valence-corrected chi connectivity index (χ3v) is 8.23. The number of morpholine rings is 1. The van der Waals surface area contributed by atoms with Crippen molar-refractivity contribution in [2.75, 3.05) is 43.1 Å². The zero-order valence-corrected chi connectivity index (χ0v) is 24.7. The van der Waals surface area contributed by atoms with Crippen LogP contribution in [0.15, 0.2) is 30.3 Å². The van der Waals surface area contributed by atoms with Crippen molar-refractivity contribution in [3.8, 4) is 0 Å². The van der Waals surface area contributed by atoms with Crippen LogP contribution in [-0.4, -0.2) is 67.6 Å². The Morgan fingerprint density at radius 1 is 1.20 bits per heavy atom. The quantitative estimate of drug-likeness (QED) is 0.394. The summed E-state index contributed by atoms with van der Waals surface area (Å²) in [4.78, 5) is 42.3. The first kappa shape index (κ1) is 31.3. The van der Waals surface area contributed by atoms with E-state index in [9.17, 15) is 27.6 Å². The number of alkyl halides is 3. The summed E-state index contributed by atoms with van der Waals surface area (Å²) in [5.74, 6) is -1.49. The van der Waals surface area contributed by atoms with Crippen LogP contribution in [0.1, 0.15) is 55.3 Å². The first-order chi connectivity index (χ1) is 19.2. The van der Waals surface area contributed by atoms with Crippen molar-refractivity contribution in [3.63, 3.8) is 0 Å². The molecule has 224 valence electrons. The van der Waals surface area contributed by atoms with Crippen LogP contribution in [0.3, 0.4) is 0 Å². The molecule has 2 aliphatic rings. The molecule has 0 unspecified atom stereocenters. The molecule has 8 nitrogen and oxygen atoms in total. The average Bonchev–Trinajstić information content (AvgIpc) is 3.28. The highest BCUT2D eigenvalue weighted by atomic mass is 35.5. The predicted octanol–water partition coefficient (Wildman–Crippen LogP) is 5.42. The number of rotatable bonds is 9. The van der Waals surface area contributed by atoms with E-state index in [2.05, 4.69) is 10.6 Å². The van der Waals surface area contributed by atoms with Gasteiger partial charge in [0, 0.05) is 31.4 Å². The van der Waals surface area contributed by atoms with E-state index in [4.69, 9.17) is 16.3 Å². The van der Waals surface area contributed by atoms with Gasteiger partial charge in [-0.15, -0.1) is 11.3 Å². The van der Waals surface area contributed by atoms with Crippen LogP contribution in [0.2, 0.25) is 4.34 Å². The fraction of sp³-hybridized carbons (Fsp3) is 0.536. The first-order valence-corrected chi connectivity index (χ1v) is 14.6. The zero-order valence-electron chi connectivity index (χ0n) is 23.1. The van der Waals surface area contributed by atoms with Crippen molar-refractivity contribution < 1.29 is 32.3 Å². The van der Waals surface area contributed by atoms with Gasteiger partial charge in [-0.3, -0.25) is 19.3 Å². The summed E-state index contributed by atoms with van der Waals surface area (Å²) in [7, 11) is 0. The molecule has 1 aliphatic carbocycles. The maximum absolute atomic E-state index is 14.1. The Hall–Kier alpha value is -2.67. The van der Waals surface area contributed by atoms with Crippen molar-refractivity contribution in [3.05, 3.63) is 45.1 Å². The minimum atomic E-state index is -4.77. The predicted molar refractivity (Wildman–Crippen MR) is 152 cm³/mol. The molecule has 2 fully saturated rings. The van der Waals surface area contributed by atoms with Gasteiger partial charge >= 0.3 is 6.18 Å². The van der Waals surface area contributed by atoms with Crippen molar-refractivity contribution in [1.29, 1.82) is 0 Å². The molecule has 0 bridgehead atoms. The second-order valence-electron chi connectivity index (χ2n) is 11.5. The number of carbonyl (C=O) groups excluding carboxylic acids is 3. The summed E-state index contributed by atoms with van der Waals surface area (Å²) in [5.41, 5.74) is -1.56. The Balaban J connectivity index is 1.61. The van der Waals surface area contributed by atoms with Crippen molar-refractivity contribution in [2.45, 2.75) is 58.3 Å². The summed E-state index contributed by atoms with van der Waals surface area (Å²) in [6.07, 6.45) is -1.99. The smallest absolute Gasteiger partial charge is 0.370 e. The lowest BCUT2D eigenvalue weighted by Crippen LogP contribution is -2.58. The second kappa shape index (κ2) is 12.7. The van der Waals surface area contributed by atoms with Gasteiger partial charge in [-0.2, -0.15) is 13.2 Å². The number of nitrogens with one attached hydrogen (secondary N) is 2. The average molecular weight is 615 g/mol.